The second-order valence-electron chi connectivity index (χ2n) is 6.39. The summed E-state index contributed by atoms with van der Waals surface area (Å²) in [5, 5.41) is 9.99. The molecule has 2 unspecified atom stereocenters. The summed E-state index contributed by atoms with van der Waals surface area (Å²) in [6, 6.07) is 18.8. The van der Waals surface area contributed by atoms with E-state index in [-0.39, 0.29) is 5.91 Å². The second kappa shape index (κ2) is 6.17. The van der Waals surface area contributed by atoms with E-state index in [0.29, 0.717) is 5.66 Å². The zero-order chi connectivity index (χ0) is 17.7. The van der Waals surface area contributed by atoms with E-state index in [2.05, 4.69) is 46.1 Å². The molecule has 3 heterocycles. The van der Waals surface area contributed by atoms with Crippen LogP contribution in [0.2, 0.25) is 0 Å². The molecule has 0 aliphatic carbocycles. The first-order chi connectivity index (χ1) is 12.8. The average Bonchev–Trinajstić information content (AvgIpc) is 3.26. The third-order valence-corrected chi connectivity index (χ3v) is 8.51. The molecule has 5 rings (SSSR count). The summed E-state index contributed by atoms with van der Waals surface area (Å²) in [6.45, 7) is 0. The normalized spacial score (nSPS) is 21.9. The van der Waals surface area contributed by atoms with Crippen LogP contribution in [0, 0.1) is 0 Å². The number of carbonyl (C=O) groups is 1. The van der Waals surface area contributed by atoms with Crippen LogP contribution in [0.1, 0.15) is 27.2 Å². The average molecular weight is 376 g/mol. The van der Waals surface area contributed by atoms with Gasteiger partial charge in [-0.25, -0.2) is 0 Å². The van der Waals surface area contributed by atoms with Gasteiger partial charge in [0.15, 0.2) is 0 Å². The number of nitrogens with one attached hydrogen (secondary N) is 2. The molecule has 2 aromatic carbocycles. The molecule has 0 spiro atoms. The molecular weight excluding hydrogens is 359 g/mol. The van der Waals surface area contributed by atoms with Crippen molar-refractivity contribution in [3.63, 3.8) is 0 Å². The van der Waals surface area contributed by atoms with Crippen molar-refractivity contribution in [3.8, 4) is 0 Å². The molecule has 0 radical (unpaired) electrons. The molecule has 1 aromatic heterocycles. The maximum Gasteiger partial charge on any atom is 0.256 e. The van der Waals surface area contributed by atoms with Crippen LogP contribution in [0.25, 0.3) is 11.6 Å². The fraction of sp³-hybridized carbons (Fsp3) is 0.0952. The number of hydrogen-bond acceptors (Lipinski definition) is 3. The Balaban J connectivity index is 1.54. The smallest absolute Gasteiger partial charge is 0.256 e. The van der Waals surface area contributed by atoms with Gasteiger partial charge in [0, 0.05) is 29.8 Å². The largest absolute Gasteiger partial charge is 0.321 e. The Hall–Kier alpha value is -2.26. The number of rotatable bonds is 3. The van der Waals surface area contributed by atoms with Crippen LogP contribution in [-0.2, 0) is 4.79 Å². The summed E-state index contributed by atoms with van der Waals surface area (Å²) in [5.41, 5.74) is 5.59. The van der Waals surface area contributed by atoms with E-state index in [0.717, 1.165) is 22.4 Å². The van der Waals surface area contributed by atoms with Gasteiger partial charge in [0.25, 0.3) is 5.91 Å². The van der Waals surface area contributed by atoms with Crippen molar-refractivity contribution in [2.24, 2.45) is 0 Å². The highest BCUT2D eigenvalue weighted by Crippen LogP contribution is 2.60. The summed E-state index contributed by atoms with van der Waals surface area (Å²) in [6.07, 6.45) is 2.00. The number of carbonyl (C=O) groups excluding carboxylic acids is 1. The molecule has 0 saturated heterocycles. The van der Waals surface area contributed by atoms with Crippen LogP contribution in [0.15, 0.2) is 60.0 Å². The van der Waals surface area contributed by atoms with Gasteiger partial charge in [0.1, 0.15) is 0 Å². The first kappa shape index (κ1) is 16.0. The van der Waals surface area contributed by atoms with Crippen molar-refractivity contribution in [1.29, 1.82) is 0 Å². The van der Waals surface area contributed by atoms with E-state index < -0.39 is 8.07 Å². The number of thiophene rings is 1. The summed E-state index contributed by atoms with van der Waals surface area (Å²) in [5.74, 6) is -0.0266. The van der Waals surface area contributed by atoms with Crippen LogP contribution in [0.4, 0.5) is 5.69 Å². The molecule has 2 aliphatic heterocycles. The standard InChI is InChI=1S/C21H17N2OPS/c1-22-25-18-12-13(8-9-15(18)20(25)19-7-4-10-26-19)11-16-14-5-2-3-6-17(14)23-21(16)24/h2-12,20,22H,1H3,(H,23,24)/b16-11+. The Morgan fingerprint density at radius 1 is 1.15 bits per heavy atom. The van der Waals surface area contributed by atoms with Crippen molar-refractivity contribution in [2.75, 3.05) is 12.4 Å². The number of amides is 1. The van der Waals surface area contributed by atoms with E-state index in [4.69, 9.17) is 0 Å². The molecule has 5 heteroatoms. The van der Waals surface area contributed by atoms with Gasteiger partial charge >= 0.3 is 0 Å². The Morgan fingerprint density at radius 3 is 2.85 bits per heavy atom. The molecule has 0 fully saturated rings. The summed E-state index contributed by atoms with van der Waals surface area (Å²) >= 11 is 1.82. The maximum atomic E-state index is 12.3. The molecule has 1 amide bonds. The van der Waals surface area contributed by atoms with Crippen molar-refractivity contribution in [3.05, 3.63) is 81.5 Å². The predicted molar refractivity (Wildman–Crippen MR) is 111 cm³/mol. The highest BCUT2D eigenvalue weighted by Gasteiger charge is 2.38. The summed E-state index contributed by atoms with van der Waals surface area (Å²) in [7, 11) is 1.65. The molecule has 26 heavy (non-hydrogen) atoms. The Kier molecular flexibility index (Phi) is 3.79. The number of benzene rings is 2. The van der Waals surface area contributed by atoms with Gasteiger partial charge in [-0.1, -0.05) is 36.4 Å². The lowest BCUT2D eigenvalue weighted by molar-refractivity contribution is -0.110. The van der Waals surface area contributed by atoms with Gasteiger partial charge in [0.2, 0.25) is 0 Å². The highest BCUT2D eigenvalue weighted by atomic mass is 32.1. The summed E-state index contributed by atoms with van der Waals surface area (Å²) < 4.78 is 0. The van der Waals surface area contributed by atoms with E-state index in [1.165, 1.54) is 15.7 Å². The third kappa shape index (κ3) is 2.38. The van der Waals surface area contributed by atoms with Crippen LogP contribution in [0.5, 0.6) is 0 Å². The van der Waals surface area contributed by atoms with Crippen LogP contribution >= 0.6 is 19.4 Å². The fourth-order valence-corrected chi connectivity index (χ4v) is 7.14. The Labute approximate surface area is 157 Å². The maximum absolute atomic E-state index is 12.3. The molecular formula is C21H17N2OPS. The third-order valence-electron chi connectivity index (χ3n) is 4.94. The molecule has 2 N–H and O–H groups in total. The first-order valence-electron chi connectivity index (χ1n) is 8.52. The summed E-state index contributed by atoms with van der Waals surface area (Å²) in [4.78, 5) is 13.8. The quantitative estimate of drug-likeness (QED) is 0.519. The minimum absolute atomic E-state index is 0.0266. The first-order valence-corrected chi connectivity index (χ1v) is 10.8. The second-order valence-corrected chi connectivity index (χ2v) is 9.55. The predicted octanol–water partition coefficient (Wildman–Crippen LogP) is 4.59. The lowest BCUT2D eigenvalue weighted by Crippen LogP contribution is -2.31. The van der Waals surface area contributed by atoms with Gasteiger partial charge in [-0.3, -0.25) is 9.88 Å². The number of para-hydroxylation sites is 1. The monoisotopic (exact) mass is 376 g/mol. The molecule has 0 saturated carbocycles. The molecule has 0 bridgehead atoms. The zero-order valence-corrected chi connectivity index (χ0v) is 15.9. The number of fused-ring (bicyclic) bond motifs is 2. The SMILES string of the molecule is CNP1c2cc(/C=C3/C(=O)Nc4ccccc43)ccc2C1c1cccs1. The van der Waals surface area contributed by atoms with Crippen LogP contribution in [0.3, 0.4) is 0 Å². The van der Waals surface area contributed by atoms with Crippen LogP contribution in [-0.4, -0.2) is 13.0 Å². The van der Waals surface area contributed by atoms with Gasteiger partial charge in [0.05, 0.1) is 5.66 Å². The molecule has 3 nitrogen and oxygen atoms in total. The number of anilines is 1. The van der Waals surface area contributed by atoms with Gasteiger partial charge in [-0.2, -0.15) is 0 Å². The lowest BCUT2D eigenvalue weighted by Gasteiger charge is -2.39. The van der Waals surface area contributed by atoms with Crippen molar-refractivity contribution in [1.82, 2.24) is 5.09 Å². The highest BCUT2D eigenvalue weighted by molar-refractivity contribution is 7.66. The van der Waals surface area contributed by atoms with Gasteiger partial charge in [-0.15, -0.1) is 11.3 Å². The molecule has 2 atom stereocenters. The lowest BCUT2D eigenvalue weighted by atomic mass is 10.0. The molecule has 128 valence electrons. The van der Waals surface area contributed by atoms with E-state index in [1.54, 1.807) is 0 Å². The van der Waals surface area contributed by atoms with Crippen molar-refractivity contribution >= 4 is 48.0 Å². The van der Waals surface area contributed by atoms with Gasteiger partial charge < -0.3 is 5.32 Å². The van der Waals surface area contributed by atoms with E-state index in [9.17, 15) is 4.79 Å². The topological polar surface area (TPSA) is 41.1 Å². The Morgan fingerprint density at radius 2 is 2.04 bits per heavy atom. The van der Waals surface area contributed by atoms with Crippen molar-refractivity contribution < 1.29 is 4.79 Å². The minimum atomic E-state index is -0.393. The molecule has 3 aromatic rings. The molecule has 2 aliphatic rings. The van der Waals surface area contributed by atoms with Gasteiger partial charge in [-0.05, 0) is 53.1 Å². The number of hydrogen-bond donors (Lipinski definition) is 2. The van der Waals surface area contributed by atoms with E-state index in [1.807, 2.05) is 48.7 Å². The fourth-order valence-electron chi connectivity index (χ4n) is 3.73. The van der Waals surface area contributed by atoms with Crippen LogP contribution < -0.4 is 15.7 Å². The minimum Gasteiger partial charge on any atom is -0.321 e. The van der Waals surface area contributed by atoms with Crippen molar-refractivity contribution in [2.45, 2.75) is 5.66 Å². The zero-order valence-electron chi connectivity index (χ0n) is 14.2. The Bertz CT molecular complexity index is 1040. The van der Waals surface area contributed by atoms with E-state index >= 15 is 0 Å².